The third-order valence-corrected chi connectivity index (χ3v) is 3.72. The van der Waals surface area contributed by atoms with E-state index < -0.39 is 10.0 Å². The fraction of sp³-hybridized carbons (Fsp3) is 0.625. The van der Waals surface area contributed by atoms with Crippen LogP contribution in [0.15, 0.2) is 10.6 Å². The Labute approximate surface area is 89.1 Å². The summed E-state index contributed by atoms with van der Waals surface area (Å²) in [5, 5.41) is 3.63. The van der Waals surface area contributed by atoms with Gasteiger partial charge in [-0.3, -0.25) is 0 Å². The Morgan fingerprint density at radius 2 is 2.27 bits per heavy atom. The Kier molecular flexibility index (Phi) is 3.83. The van der Waals surface area contributed by atoms with E-state index in [9.17, 15) is 8.42 Å². The van der Waals surface area contributed by atoms with Crippen LogP contribution in [0.2, 0.25) is 0 Å². The van der Waals surface area contributed by atoms with Crippen molar-refractivity contribution in [1.29, 1.82) is 0 Å². The van der Waals surface area contributed by atoms with E-state index in [0.717, 1.165) is 0 Å². The molecule has 6 nitrogen and oxygen atoms in total. The van der Waals surface area contributed by atoms with Crippen molar-refractivity contribution in [1.82, 2.24) is 9.46 Å². The first kappa shape index (κ1) is 12.2. The molecular formula is C8H15N3O3S. The molecule has 2 N–H and O–H groups in total. The quantitative estimate of drug-likeness (QED) is 0.754. The van der Waals surface area contributed by atoms with Crippen LogP contribution in [-0.4, -0.2) is 38.0 Å². The lowest BCUT2D eigenvalue weighted by Gasteiger charge is -2.14. The second-order valence-corrected chi connectivity index (χ2v) is 5.37. The van der Waals surface area contributed by atoms with Crippen LogP contribution in [0.25, 0.3) is 0 Å². The van der Waals surface area contributed by atoms with Crippen molar-refractivity contribution >= 4 is 10.0 Å². The van der Waals surface area contributed by atoms with Crippen molar-refractivity contribution in [3.63, 3.8) is 0 Å². The molecule has 0 radical (unpaired) electrons. The molecule has 1 aromatic heterocycles. The number of nitrogens with zero attached hydrogens (tertiary/aromatic N) is 2. The number of likely N-dealkylation sites (N-methyl/N-ethyl adjacent to an activating group) is 1. The zero-order valence-corrected chi connectivity index (χ0v) is 9.62. The van der Waals surface area contributed by atoms with E-state index in [0.29, 0.717) is 24.5 Å². The van der Waals surface area contributed by atoms with Gasteiger partial charge in [-0.1, -0.05) is 5.16 Å². The highest BCUT2D eigenvalue weighted by Crippen LogP contribution is 2.09. The van der Waals surface area contributed by atoms with Gasteiger partial charge in [0, 0.05) is 26.2 Å². The normalized spacial score (nSPS) is 12.3. The standard InChI is InChI=1S/C8H15N3O3S/c1-7-5-8(10-14-7)6-15(12,13)11(2)4-3-9/h5H,3-4,6,9H2,1-2H3. The van der Waals surface area contributed by atoms with Crippen LogP contribution in [0.4, 0.5) is 0 Å². The molecule has 1 rings (SSSR count). The molecule has 0 bridgehead atoms. The summed E-state index contributed by atoms with van der Waals surface area (Å²) in [5.74, 6) is 0.447. The van der Waals surface area contributed by atoms with Crippen LogP contribution < -0.4 is 5.73 Å². The van der Waals surface area contributed by atoms with Crippen LogP contribution in [0.5, 0.6) is 0 Å². The lowest BCUT2D eigenvalue weighted by Crippen LogP contribution is -2.32. The average Bonchev–Trinajstić information content (AvgIpc) is 2.50. The molecule has 0 aliphatic rings. The van der Waals surface area contributed by atoms with E-state index in [1.165, 1.54) is 11.4 Å². The maximum atomic E-state index is 11.7. The molecule has 0 aromatic carbocycles. The van der Waals surface area contributed by atoms with Crippen LogP contribution in [0.1, 0.15) is 11.5 Å². The van der Waals surface area contributed by atoms with Crippen molar-refractivity contribution in [2.45, 2.75) is 12.7 Å². The Hall–Kier alpha value is -0.920. The SMILES string of the molecule is Cc1cc(CS(=O)(=O)N(C)CCN)no1. The summed E-state index contributed by atoms with van der Waals surface area (Å²) in [6.07, 6.45) is 0. The first-order chi connectivity index (χ1) is 6.95. The Morgan fingerprint density at radius 3 is 2.73 bits per heavy atom. The number of nitrogens with two attached hydrogens (primary N) is 1. The molecule has 0 aliphatic heterocycles. The molecule has 1 heterocycles. The summed E-state index contributed by atoms with van der Waals surface area (Å²) in [5.41, 5.74) is 5.70. The Morgan fingerprint density at radius 1 is 1.60 bits per heavy atom. The van der Waals surface area contributed by atoms with E-state index in [2.05, 4.69) is 5.16 Å². The molecule has 86 valence electrons. The molecule has 0 saturated carbocycles. The molecule has 0 fully saturated rings. The fourth-order valence-corrected chi connectivity index (χ4v) is 2.22. The fourth-order valence-electron chi connectivity index (χ4n) is 1.10. The second-order valence-electron chi connectivity index (χ2n) is 3.30. The summed E-state index contributed by atoms with van der Waals surface area (Å²) in [6.45, 7) is 2.32. The summed E-state index contributed by atoms with van der Waals surface area (Å²) in [7, 11) is -1.84. The summed E-state index contributed by atoms with van der Waals surface area (Å²) in [6, 6.07) is 1.60. The summed E-state index contributed by atoms with van der Waals surface area (Å²) < 4.78 is 29.4. The number of sulfonamides is 1. The minimum atomic E-state index is -3.33. The van der Waals surface area contributed by atoms with Gasteiger partial charge in [0.25, 0.3) is 0 Å². The van der Waals surface area contributed by atoms with Crippen molar-refractivity contribution in [2.24, 2.45) is 5.73 Å². The van der Waals surface area contributed by atoms with Gasteiger partial charge < -0.3 is 10.3 Å². The van der Waals surface area contributed by atoms with Crippen molar-refractivity contribution in [3.8, 4) is 0 Å². The molecule has 0 spiro atoms. The van der Waals surface area contributed by atoms with E-state index in [1.54, 1.807) is 13.0 Å². The van der Waals surface area contributed by atoms with Gasteiger partial charge in [-0.15, -0.1) is 0 Å². The average molecular weight is 233 g/mol. The number of hydrogen-bond acceptors (Lipinski definition) is 5. The Bertz CT molecular complexity index is 413. The highest BCUT2D eigenvalue weighted by Gasteiger charge is 2.19. The smallest absolute Gasteiger partial charge is 0.219 e. The summed E-state index contributed by atoms with van der Waals surface area (Å²) in [4.78, 5) is 0. The first-order valence-electron chi connectivity index (χ1n) is 4.52. The number of rotatable bonds is 5. The van der Waals surface area contributed by atoms with Gasteiger partial charge in [-0.05, 0) is 6.92 Å². The Balaban J connectivity index is 2.72. The minimum Gasteiger partial charge on any atom is -0.361 e. The number of aryl methyl sites for hydroxylation is 1. The number of aromatic nitrogens is 1. The van der Waals surface area contributed by atoms with Gasteiger partial charge in [0.15, 0.2) is 0 Å². The topological polar surface area (TPSA) is 89.4 Å². The molecule has 7 heteroatoms. The van der Waals surface area contributed by atoms with Gasteiger partial charge in [0.1, 0.15) is 17.2 Å². The van der Waals surface area contributed by atoms with Gasteiger partial charge in [-0.2, -0.15) is 0 Å². The monoisotopic (exact) mass is 233 g/mol. The largest absolute Gasteiger partial charge is 0.361 e. The van der Waals surface area contributed by atoms with E-state index in [-0.39, 0.29) is 5.75 Å². The highest BCUT2D eigenvalue weighted by molar-refractivity contribution is 7.88. The third kappa shape index (κ3) is 3.29. The van der Waals surface area contributed by atoms with E-state index in [4.69, 9.17) is 10.3 Å². The van der Waals surface area contributed by atoms with Crippen LogP contribution in [0.3, 0.4) is 0 Å². The molecule has 15 heavy (non-hydrogen) atoms. The predicted octanol–water partition coefficient (Wildman–Crippen LogP) is -0.297. The van der Waals surface area contributed by atoms with E-state index >= 15 is 0 Å². The number of hydrogen-bond donors (Lipinski definition) is 1. The molecule has 1 aromatic rings. The molecule has 0 unspecified atom stereocenters. The zero-order chi connectivity index (χ0) is 11.5. The second kappa shape index (κ2) is 4.73. The van der Waals surface area contributed by atoms with Gasteiger partial charge in [0.05, 0.1) is 0 Å². The maximum absolute atomic E-state index is 11.7. The minimum absolute atomic E-state index is 0.152. The molecular weight excluding hydrogens is 218 g/mol. The highest BCUT2D eigenvalue weighted by atomic mass is 32.2. The molecule has 0 aliphatic carbocycles. The van der Waals surface area contributed by atoms with Gasteiger partial charge >= 0.3 is 0 Å². The lowest BCUT2D eigenvalue weighted by atomic mass is 10.4. The molecule has 0 amide bonds. The van der Waals surface area contributed by atoms with Crippen molar-refractivity contribution in [3.05, 3.63) is 17.5 Å². The zero-order valence-electron chi connectivity index (χ0n) is 8.80. The predicted molar refractivity (Wildman–Crippen MR) is 55.5 cm³/mol. The molecule has 0 saturated heterocycles. The van der Waals surface area contributed by atoms with Crippen LogP contribution >= 0.6 is 0 Å². The van der Waals surface area contributed by atoms with Crippen molar-refractivity contribution in [2.75, 3.05) is 20.1 Å². The van der Waals surface area contributed by atoms with Crippen LogP contribution in [0, 0.1) is 6.92 Å². The van der Waals surface area contributed by atoms with Crippen LogP contribution in [-0.2, 0) is 15.8 Å². The lowest BCUT2D eigenvalue weighted by molar-refractivity contribution is 0.391. The van der Waals surface area contributed by atoms with Gasteiger partial charge in [-0.25, -0.2) is 12.7 Å². The molecule has 0 atom stereocenters. The summed E-state index contributed by atoms with van der Waals surface area (Å²) >= 11 is 0. The van der Waals surface area contributed by atoms with E-state index in [1.807, 2.05) is 0 Å². The van der Waals surface area contributed by atoms with Gasteiger partial charge in [0.2, 0.25) is 10.0 Å². The first-order valence-corrected chi connectivity index (χ1v) is 6.13. The maximum Gasteiger partial charge on any atom is 0.219 e. The third-order valence-electron chi connectivity index (χ3n) is 1.93. The van der Waals surface area contributed by atoms with Crippen molar-refractivity contribution < 1.29 is 12.9 Å².